The van der Waals surface area contributed by atoms with Crippen LogP contribution in [0.1, 0.15) is 22.5 Å². The van der Waals surface area contributed by atoms with Gasteiger partial charge in [0, 0.05) is 16.9 Å². The summed E-state index contributed by atoms with van der Waals surface area (Å²) in [6.45, 7) is 5.34. The van der Waals surface area contributed by atoms with E-state index in [2.05, 4.69) is 16.4 Å². The predicted molar refractivity (Wildman–Crippen MR) is 72.8 cm³/mol. The van der Waals surface area contributed by atoms with Gasteiger partial charge in [-0.1, -0.05) is 6.07 Å². The lowest BCUT2D eigenvalue weighted by atomic mass is 10.1. The second-order valence-corrected chi connectivity index (χ2v) is 4.42. The van der Waals surface area contributed by atoms with Crippen molar-refractivity contribution in [3.8, 4) is 6.07 Å². The van der Waals surface area contributed by atoms with Gasteiger partial charge in [-0.2, -0.15) is 5.26 Å². The summed E-state index contributed by atoms with van der Waals surface area (Å²) in [5.74, 6) is -0.272. The molecule has 0 saturated carbocycles. The summed E-state index contributed by atoms with van der Waals surface area (Å²) in [6, 6.07) is 8.74. The Hall–Kier alpha value is -2.41. The van der Waals surface area contributed by atoms with Crippen LogP contribution in [0.5, 0.6) is 0 Å². The molecule has 19 heavy (non-hydrogen) atoms. The summed E-state index contributed by atoms with van der Waals surface area (Å²) in [4.78, 5) is 4.25. The minimum absolute atomic E-state index is 0.272. The number of aromatic nitrogens is 1. The van der Waals surface area contributed by atoms with Crippen LogP contribution in [0.15, 0.2) is 24.3 Å². The summed E-state index contributed by atoms with van der Waals surface area (Å²) < 4.78 is 13.5. The van der Waals surface area contributed by atoms with E-state index in [1.807, 2.05) is 6.92 Å². The Morgan fingerprint density at radius 2 is 1.95 bits per heavy atom. The molecule has 0 saturated heterocycles. The van der Waals surface area contributed by atoms with Crippen molar-refractivity contribution in [1.29, 1.82) is 5.26 Å². The highest BCUT2D eigenvalue weighted by molar-refractivity contribution is 5.69. The zero-order valence-electron chi connectivity index (χ0n) is 11.1. The number of hydrogen-bond donors (Lipinski definition) is 1. The van der Waals surface area contributed by atoms with Gasteiger partial charge in [0.1, 0.15) is 11.9 Å². The van der Waals surface area contributed by atoms with E-state index in [9.17, 15) is 9.65 Å². The van der Waals surface area contributed by atoms with E-state index in [0.29, 0.717) is 28.2 Å². The van der Waals surface area contributed by atoms with Crippen molar-refractivity contribution in [2.24, 2.45) is 0 Å². The van der Waals surface area contributed by atoms with E-state index in [1.165, 1.54) is 6.07 Å². The van der Waals surface area contributed by atoms with E-state index >= 15 is 0 Å². The largest absolute Gasteiger partial charge is 0.354 e. The van der Waals surface area contributed by atoms with Crippen LogP contribution in [0.3, 0.4) is 0 Å². The zero-order chi connectivity index (χ0) is 14.0. The number of nitrogens with one attached hydrogen (secondary N) is 1. The van der Waals surface area contributed by atoms with Crippen LogP contribution < -0.4 is 5.32 Å². The van der Waals surface area contributed by atoms with E-state index in [0.717, 1.165) is 5.69 Å². The fraction of sp³-hybridized carbons (Fsp3) is 0.200. The molecular formula is C15H14FN3. The third kappa shape index (κ3) is 2.55. The minimum Gasteiger partial charge on any atom is -0.354 e. The predicted octanol–water partition coefficient (Wildman–Crippen LogP) is 3.76. The third-order valence-electron chi connectivity index (χ3n) is 2.98. The van der Waals surface area contributed by atoms with E-state index in [1.54, 1.807) is 32.0 Å². The second kappa shape index (κ2) is 5.07. The molecule has 0 spiro atoms. The summed E-state index contributed by atoms with van der Waals surface area (Å²) in [5.41, 5.74) is 3.79. The molecule has 1 aromatic heterocycles. The first-order valence-electron chi connectivity index (χ1n) is 5.93. The van der Waals surface area contributed by atoms with Crippen LogP contribution >= 0.6 is 0 Å². The molecule has 0 aliphatic rings. The van der Waals surface area contributed by atoms with Gasteiger partial charge >= 0.3 is 0 Å². The lowest BCUT2D eigenvalue weighted by Crippen LogP contribution is -2.01. The number of rotatable bonds is 2. The van der Waals surface area contributed by atoms with Crippen molar-refractivity contribution in [2.75, 3.05) is 5.32 Å². The quantitative estimate of drug-likeness (QED) is 0.888. The van der Waals surface area contributed by atoms with Crippen molar-refractivity contribution in [1.82, 2.24) is 4.98 Å². The lowest BCUT2D eigenvalue weighted by Gasteiger charge is -2.13. The molecule has 2 aromatic rings. The normalized spacial score (nSPS) is 10.1. The molecule has 0 amide bonds. The Bertz CT molecular complexity index is 672. The Morgan fingerprint density at radius 1 is 1.21 bits per heavy atom. The van der Waals surface area contributed by atoms with Gasteiger partial charge in [0.15, 0.2) is 0 Å². The molecule has 3 nitrogen and oxygen atoms in total. The summed E-state index contributed by atoms with van der Waals surface area (Å²) in [5, 5.41) is 12.3. The Morgan fingerprint density at radius 3 is 2.63 bits per heavy atom. The van der Waals surface area contributed by atoms with Crippen molar-refractivity contribution < 1.29 is 4.39 Å². The van der Waals surface area contributed by atoms with Crippen LogP contribution in [0.25, 0.3) is 0 Å². The van der Waals surface area contributed by atoms with E-state index in [-0.39, 0.29) is 5.82 Å². The average molecular weight is 255 g/mol. The molecule has 1 aromatic carbocycles. The van der Waals surface area contributed by atoms with Crippen LogP contribution in [0.2, 0.25) is 0 Å². The van der Waals surface area contributed by atoms with Crippen molar-refractivity contribution in [3.05, 3.63) is 52.6 Å². The Labute approximate surface area is 111 Å². The second-order valence-electron chi connectivity index (χ2n) is 4.42. The molecule has 4 heteroatoms. The standard InChI is InChI=1S/C15H14FN3/c1-9-7-15(12(8-17)11(3)18-9)19-14-6-4-5-13(16)10(14)2/h4-7H,1-3H3,(H,18,19). The average Bonchev–Trinajstić information content (AvgIpc) is 2.34. The molecule has 0 unspecified atom stereocenters. The van der Waals surface area contributed by atoms with Gasteiger partial charge in [-0.15, -0.1) is 0 Å². The maximum atomic E-state index is 13.5. The molecule has 0 aliphatic heterocycles. The first-order valence-corrected chi connectivity index (χ1v) is 5.93. The molecule has 0 bridgehead atoms. The Kier molecular flexibility index (Phi) is 3.48. The number of aryl methyl sites for hydroxylation is 2. The molecule has 2 rings (SSSR count). The first kappa shape index (κ1) is 13.0. The van der Waals surface area contributed by atoms with Crippen LogP contribution in [0.4, 0.5) is 15.8 Å². The van der Waals surface area contributed by atoms with Gasteiger partial charge < -0.3 is 5.32 Å². The maximum Gasteiger partial charge on any atom is 0.128 e. The molecule has 1 heterocycles. The molecular weight excluding hydrogens is 241 g/mol. The van der Waals surface area contributed by atoms with Crippen LogP contribution in [-0.2, 0) is 0 Å². The van der Waals surface area contributed by atoms with Gasteiger partial charge in [0.2, 0.25) is 0 Å². The summed E-state index contributed by atoms with van der Waals surface area (Å²) in [6.07, 6.45) is 0. The summed E-state index contributed by atoms with van der Waals surface area (Å²) >= 11 is 0. The number of nitriles is 1. The smallest absolute Gasteiger partial charge is 0.128 e. The van der Waals surface area contributed by atoms with Gasteiger partial charge in [0.25, 0.3) is 0 Å². The van der Waals surface area contributed by atoms with Crippen LogP contribution in [0, 0.1) is 37.9 Å². The van der Waals surface area contributed by atoms with E-state index < -0.39 is 0 Å². The first-order chi connectivity index (χ1) is 9.02. The van der Waals surface area contributed by atoms with Gasteiger partial charge in [-0.25, -0.2) is 4.39 Å². The number of anilines is 2. The van der Waals surface area contributed by atoms with Crippen LogP contribution in [-0.4, -0.2) is 4.98 Å². The number of pyridine rings is 1. The van der Waals surface area contributed by atoms with E-state index in [4.69, 9.17) is 0 Å². The molecule has 0 fully saturated rings. The topological polar surface area (TPSA) is 48.7 Å². The summed E-state index contributed by atoms with van der Waals surface area (Å²) in [7, 11) is 0. The molecule has 0 atom stereocenters. The highest BCUT2D eigenvalue weighted by atomic mass is 19.1. The maximum absolute atomic E-state index is 13.5. The monoisotopic (exact) mass is 255 g/mol. The lowest BCUT2D eigenvalue weighted by molar-refractivity contribution is 0.619. The highest BCUT2D eigenvalue weighted by Crippen LogP contribution is 2.26. The number of halogens is 1. The molecule has 0 aliphatic carbocycles. The van der Waals surface area contributed by atoms with Gasteiger partial charge in [-0.3, -0.25) is 4.98 Å². The van der Waals surface area contributed by atoms with Gasteiger partial charge in [0.05, 0.1) is 16.9 Å². The third-order valence-corrected chi connectivity index (χ3v) is 2.98. The fourth-order valence-electron chi connectivity index (χ4n) is 1.96. The van der Waals surface area contributed by atoms with Crippen molar-refractivity contribution >= 4 is 11.4 Å². The number of hydrogen-bond acceptors (Lipinski definition) is 3. The number of benzene rings is 1. The number of nitrogens with zero attached hydrogens (tertiary/aromatic N) is 2. The van der Waals surface area contributed by atoms with Crippen molar-refractivity contribution in [2.45, 2.75) is 20.8 Å². The van der Waals surface area contributed by atoms with Crippen molar-refractivity contribution in [3.63, 3.8) is 0 Å². The highest BCUT2D eigenvalue weighted by Gasteiger charge is 2.10. The molecule has 1 N–H and O–H groups in total. The molecule has 0 radical (unpaired) electrons. The molecule has 96 valence electrons. The Balaban J connectivity index is 2.50. The fourth-order valence-corrected chi connectivity index (χ4v) is 1.96. The van der Waals surface area contributed by atoms with Gasteiger partial charge in [-0.05, 0) is 39.0 Å². The zero-order valence-corrected chi connectivity index (χ0v) is 11.1. The SMILES string of the molecule is Cc1cc(Nc2cccc(F)c2C)c(C#N)c(C)n1. The minimum atomic E-state index is -0.272.